The lowest BCUT2D eigenvalue weighted by Crippen LogP contribution is -2.37. The van der Waals surface area contributed by atoms with E-state index in [1.807, 2.05) is 38.2 Å². The van der Waals surface area contributed by atoms with Crippen molar-refractivity contribution >= 4 is 17.7 Å². The molecule has 1 aromatic carbocycles. The third-order valence-corrected chi connectivity index (χ3v) is 6.15. The molecule has 6 heteroatoms. The first-order chi connectivity index (χ1) is 14.0. The van der Waals surface area contributed by atoms with Crippen molar-refractivity contribution in [3.63, 3.8) is 0 Å². The Bertz CT molecular complexity index is 846. The molecule has 0 aliphatic heterocycles. The highest BCUT2D eigenvalue weighted by Gasteiger charge is 2.40. The zero-order valence-corrected chi connectivity index (χ0v) is 17.6. The number of amides is 1. The lowest BCUT2D eigenvalue weighted by Gasteiger charge is -2.28. The lowest BCUT2D eigenvalue weighted by molar-refractivity contribution is -0.126. The first-order valence-electron chi connectivity index (χ1n) is 10.6. The number of anilines is 2. The number of nitrogens with one attached hydrogen (secondary N) is 2. The van der Waals surface area contributed by atoms with Crippen LogP contribution in [0.15, 0.2) is 36.5 Å². The second-order valence-electron chi connectivity index (χ2n) is 8.66. The summed E-state index contributed by atoms with van der Waals surface area (Å²) in [5, 5.41) is 6.74. The Morgan fingerprint density at radius 2 is 1.83 bits per heavy atom. The highest BCUT2D eigenvalue weighted by Crippen LogP contribution is 2.41. The molecule has 2 N–H and O–H groups in total. The van der Waals surface area contributed by atoms with Crippen molar-refractivity contribution < 1.29 is 4.79 Å². The fourth-order valence-electron chi connectivity index (χ4n) is 4.36. The summed E-state index contributed by atoms with van der Waals surface area (Å²) in [6, 6.07) is 11.1. The van der Waals surface area contributed by atoms with E-state index in [1.165, 1.54) is 5.56 Å². The maximum absolute atomic E-state index is 12.7. The molecule has 0 spiro atoms. The maximum atomic E-state index is 12.7. The van der Waals surface area contributed by atoms with Gasteiger partial charge in [-0.2, -0.15) is 4.98 Å². The maximum Gasteiger partial charge on any atom is 0.224 e. The molecular formula is C23H31N5O. The molecule has 1 heterocycles. The standard InChI is InChI=1S/C23H31N5O/c1-15-14-24-23(27-21(15)28(2)3)25-18-11-9-17(10-12-18)22(29)26-20-13-19(20)16-7-5-4-6-8-16/h4-8,14,17-20H,9-13H2,1-3H3,(H,26,29)(H,24,25,27)/t17-,18+,19-,20+/m1/s1. The summed E-state index contributed by atoms with van der Waals surface area (Å²) >= 11 is 0. The first kappa shape index (κ1) is 19.7. The number of nitrogens with zero attached hydrogens (tertiary/aromatic N) is 3. The van der Waals surface area contributed by atoms with Gasteiger partial charge < -0.3 is 15.5 Å². The number of benzene rings is 1. The van der Waals surface area contributed by atoms with Crippen LogP contribution < -0.4 is 15.5 Å². The van der Waals surface area contributed by atoms with Crippen molar-refractivity contribution in [2.24, 2.45) is 5.92 Å². The summed E-state index contributed by atoms with van der Waals surface area (Å²) in [6.07, 6.45) is 6.70. The number of hydrogen-bond acceptors (Lipinski definition) is 5. The van der Waals surface area contributed by atoms with Crippen molar-refractivity contribution in [1.29, 1.82) is 0 Å². The molecule has 154 valence electrons. The molecular weight excluding hydrogens is 362 g/mol. The van der Waals surface area contributed by atoms with Crippen LogP contribution in [0, 0.1) is 12.8 Å². The number of hydrogen-bond donors (Lipinski definition) is 2. The van der Waals surface area contributed by atoms with Crippen LogP contribution in [0.5, 0.6) is 0 Å². The summed E-state index contributed by atoms with van der Waals surface area (Å²) in [5.74, 6) is 2.46. The van der Waals surface area contributed by atoms with Gasteiger partial charge in [0.05, 0.1) is 0 Å². The van der Waals surface area contributed by atoms with Gasteiger partial charge in [-0.3, -0.25) is 4.79 Å². The molecule has 2 aliphatic rings. The Hall–Kier alpha value is -2.63. The number of carbonyl (C=O) groups is 1. The Kier molecular flexibility index (Phi) is 5.69. The van der Waals surface area contributed by atoms with E-state index < -0.39 is 0 Å². The van der Waals surface area contributed by atoms with Gasteiger partial charge in [-0.25, -0.2) is 4.98 Å². The van der Waals surface area contributed by atoms with Crippen molar-refractivity contribution in [2.45, 2.75) is 57.0 Å². The van der Waals surface area contributed by atoms with Gasteiger partial charge in [0, 0.05) is 49.8 Å². The molecule has 0 bridgehead atoms. The molecule has 2 atom stereocenters. The molecule has 2 aliphatic carbocycles. The number of rotatable bonds is 6. The van der Waals surface area contributed by atoms with Gasteiger partial charge in [0.25, 0.3) is 0 Å². The summed E-state index contributed by atoms with van der Waals surface area (Å²) in [5.41, 5.74) is 2.40. The minimum atomic E-state index is 0.126. The molecule has 2 saturated carbocycles. The second-order valence-corrected chi connectivity index (χ2v) is 8.66. The monoisotopic (exact) mass is 393 g/mol. The molecule has 6 nitrogen and oxygen atoms in total. The van der Waals surface area contributed by atoms with Gasteiger partial charge >= 0.3 is 0 Å². The number of aromatic nitrogens is 2. The van der Waals surface area contributed by atoms with E-state index >= 15 is 0 Å². The van der Waals surface area contributed by atoms with Crippen LogP contribution in [0.4, 0.5) is 11.8 Å². The van der Waals surface area contributed by atoms with Crippen LogP contribution in [0.1, 0.15) is 49.1 Å². The van der Waals surface area contributed by atoms with Gasteiger partial charge in [-0.15, -0.1) is 0 Å². The minimum absolute atomic E-state index is 0.126. The zero-order chi connectivity index (χ0) is 20.4. The van der Waals surface area contributed by atoms with Crippen molar-refractivity contribution in [1.82, 2.24) is 15.3 Å². The fourth-order valence-corrected chi connectivity index (χ4v) is 4.36. The van der Waals surface area contributed by atoms with E-state index in [9.17, 15) is 4.79 Å². The second kappa shape index (κ2) is 8.39. The Labute approximate surface area is 173 Å². The Balaban J connectivity index is 1.24. The molecule has 1 aromatic heterocycles. The van der Waals surface area contributed by atoms with Gasteiger partial charge in [-0.1, -0.05) is 30.3 Å². The van der Waals surface area contributed by atoms with E-state index in [0.717, 1.165) is 43.5 Å². The van der Waals surface area contributed by atoms with Crippen LogP contribution in [-0.2, 0) is 4.79 Å². The SMILES string of the molecule is Cc1cnc(N[C@H]2CC[C@@H](C(=O)N[C@H]3C[C@@H]3c3ccccc3)CC2)nc1N(C)C. The van der Waals surface area contributed by atoms with Crippen LogP contribution >= 0.6 is 0 Å². The largest absolute Gasteiger partial charge is 0.362 e. The molecule has 2 aromatic rings. The van der Waals surface area contributed by atoms with Crippen molar-refractivity contribution in [3.8, 4) is 0 Å². The topological polar surface area (TPSA) is 70.1 Å². The molecule has 0 radical (unpaired) electrons. The number of carbonyl (C=O) groups excluding carboxylic acids is 1. The average Bonchev–Trinajstić information content (AvgIpc) is 3.49. The Morgan fingerprint density at radius 3 is 2.52 bits per heavy atom. The highest BCUT2D eigenvalue weighted by atomic mass is 16.2. The minimum Gasteiger partial charge on any atom is -0.362 e. The van der Waals surface area contributed by atoms with E-state index in [4.69, 9.17) is 0 Å². The first-order valence-corrected chi connectivity index (χ1v) is 10.6. The average molecular weight is 394 g/mol. The quantitative estimate of drug-likeness (QED) is 0.786. The number of aryl methyl sites for hydroxylation is 1. The smallest absolute Gasteiger partial charge is 0.224 e. The van der Waals surface area contributed by atoms with Crippen molar-refractivity contribution in [2.75, 3.05) is 24.3 Å². The van der Waals surface area contributed by atoms with E-state index in [-0.39, 0.29) is 11.8 Å². The third kappa shape index (κ3) is 4.69. The predicted molar refractivity (Wildman–Crippen MR) is 116 cm³/mol. The summed E-state index contributed by atoms with van der Waals surface area (Å²) in [6.45, 7) is 2.02. The van der Waals surface area contributed by atoms with Crippen LogP contribution in [-0.4, -0.2) is 42.1 Å². The highest BCUT2D eigenvalue weighted by molar-refractivity contribution is 5.79. The van der Waals surface area contributed by atoms with E-state index in [2.05, 4.69) is 44.9 Å². The normalized spacial score (nSPS) is 25.9. The lowest BCUT2D eigenvalue weighted by atomic mass is 9.85. The molecule has 1 amide bonds. The molecule has 0 saturated heterocycles. The Morgan fingerprint density at radius 1 is 1.10 bits per heavy atom. The predicted octanol–water partition coefficient (Wildman–Crippen LogP) is 3.49. The summed E-state index contributed by atoms with van der Waals surface area (Å²) in [7, 11) is 3.98. The summed E-state index contributed by atoms with van der Waals surface area (Å²) in [4.78, 5) is 23.7. The molecule has 0 unspecified atom stereocenters. The van der Waals surface area contributed by atoms with Crippen LogP contribution in [0.25, 0.3) is 0 Å². The van der Waals surface area contributed by atoms with Crippen LogP contribution in [0.3, 0.4) is 0 Å². The van der Waals surface area contributed by atoms with Crippen molar-refractivity contribution in [3.05, 3.63) is 47.7 Å². The summed E-state index contributed by atoms with van der Waals surface area (Å²) < 4.78 is 0. The van der Waals surface area contributed by atoms with Gasteiger partial charge in [0.2, 0.25) is 11.9 Å². The fraction of sp³-hybridized carbons (Fsp3) is 0.522. The third-order valence-electron chi connectivity index (χ3n) is 6.15. The van der Waals surface area contributed by atoms with Gasteiger partial charge in [-0.05, 0) is 44.6 Å². The molecule has 4 rings (SSSR count). The van der Waals surface area contributed by atoms with Gasteiger partial charge in [0.1, 0.15) is 5.82 Å². The van der Waals surface area contributed by atoms with E-state index in [1.54, 1.807) is 0 Å². The van der Waals surface area contributed by atoms with Gasteiger partial charge in [0.15, 0.2) is 0 Å². The molecule has 2 fully saturated rings. The van der Waals surface area contributed by atoms with Crippen LogP contribution in [0.2, 0.25) is 0 Å². The molecule has 29 heavy (non-hydrogen) atoms. The zero-order valence-electron chi connectivity index (χ0n) is 17.6. The van der Waals surface area contributed by atoms with E-state index in [0.29, 0.717) is 23.9 Å².